The summed E-state index contributed by atoms with van der Waals surface area (Å²) in [5.41, 5.74) is 2.28. The molecular formula is C22H25NO3. The Kier molecular flexibility index (Phi) is 6.47. The first-order chi connectivity index (χ1) is 12.7. The molecule has 0 unspecified atom stereocenters. The number of ether oxygens (including phenoxy) is 1. The third kappa shape index (κ3) is 5.48. The van der Waals surface area contributed by atoms with E-state index in [4.69, 9.17) is 9.15 Å². The van der Waals surface area contributed by atoms with E-state index in [1.165, 1.54) is 0 Å². The molecule has 0 aliphatic carbocycles. The van der Waals surface area contributed by atoms with E-state index in [1.54, 1.807) is 13.4 Å². The third-order valence-electron chi connectivity index (χ3n) is 4.28. The van der Waals surface area contributed by atoms with E-state index in [2.05, 4.69) is 11.0 Å². The molecule has 26 heavy (non-hydrogen) atoms. The van der Waals surface area contributed by atoms with E-state index in [9.17, 15) is 5.11 Å². The predicted octanol–water partition coefficient (Wildman–Crippen LogP) is 3.89. The Morgan fingerprint density at radius 2 is 1.77 bits per heavy atom. The molecule has 1 N–H and O–H groups in total. The molecule has 0 saturated heterocycles. The Bertz CT molecular complexity index is 771. The number of methoxy groups -OCH3 is 1. The summed E-state index contributed by atoms with van der Waals surface area (Å²) in [5.74, 6) is 1.73. The van der Waals surface area contributed by atoms with Gasteiger partial charge < -0.3 is 14.3 Å². The molecule has 0 aliphatic heterocycles. The van der Waals surface area contributed by atoms with Crippen LogP contribution in [0.1, 0.15) is 16.9 Å². The monoisotopic (exact) mass is 351 g/mol. The van der Waals surface area contributed by atoms with Crippen LogP contribution >= 0.6 is 0 Å². The van der Waals surface area contributed by atoms with Gasteiger partial charge in [0.25, 0.3) is 0 Å². The molecular weight excluding hydrogens is 326 g/mol. The van der Waals surface area contributed by atoms with Crippen LogP contribution in [0.25, 0.3) is 0 Å². The van der Waals surface area contributed by atoms with Gasteiger partial charge in [0.05, 0.1) is 26.0 Å². The molecule has 0 bridgehead atoms. The molecule has 1 aromatic heterocycles. The second-order valence-electron chi connectivity index (χ2n) is 6.44. The first-order valence-corrected chi connectivity index (χ1v) is 8.82. The summed E-state index contributed by atoms with van der Waals surface area (Å²) in [6, 6.07) is 21.9. The van der Waals surface area contributed by atoms with Crippen molar-refractivity contribution in [3.63, 3.8) is 0 Å². The van der Waals surface area contributed by atoms with Crippen LogP contribution in [0.4, 0.5) is 0 Å². The normalized spacial score (nSPS) is 12.3. The number of hydrogen-bond donors (Lipinski definition) is 1. The highest BCUT2D eigenvalue weighted by Gasteiger charge is 2.15. The Balaban J connectivity index is 1.68. The van der Waals surface area contributed by atoms with Crippen molar-refractivity contribution in [2.75, 3.05) is 13.7 Å². The zero-order valence-electron chi connectivity index (χ0n) is 15.0. The van der Waals surface area contributed by atoms with E-state index >= 15 is 0 Å². The number of nitrogens with zero attached hydrogens (tertiary/aromatic N) is 1. The molecule has 0 amide bonds. The van der Waals surface area contributed by atoms with Crippen LogP contribution in [-0.4, -0.2) is 29.8 Å². The van der Waals surface area contributed by atoms with E-state index in [1.807, 2.05) is 60.7 Å². The maximum atomic E-state index is 10.6. The summed E-state index contributed by atoms with van der Waals surface area (Å²) in [7, 11) is 1.67. The predicted molar refractivity (Wildman–Crippen MR) is 102 cm³/mol. The smallest absolute Gasteiger partial charge is 0.119 e. The van der Waals surface area contributed by atoms with Gasteiger partial charge in [0.2, 0.25) is 0 Å². The van der Waals surface area contributed by atoms with Crippen molar-refractivity contribution >= 4 is 0 Å². The van der Waals surface area contributed by atoms with E-state index in [0.717, 1.165) is 22.6 Å². The molecule has 0 spiro atoms. The molecule has 4 heteroatoms. The molecule has 0 saturated carbocycles. The topological polar surface area (TPSA) is 45.8 Å². The number of benzene rings is 2. The van der Waals surface area contributed by atoms with Crippen molar-refractivity contribution in [1.82, 2.24) is 4.90 Å². The van der Waals surface area contributed by atoms with Gasteiger partial charge in [0, 0.05) is 13.1 Å². The van der Waals surface area contributed by atoms with Crippen molar-refractivity contribution in [3.05, 3.63) is 89.9 Å². The lowest BCUT2D eigenvalue weighted by atomic mass is 10.1. The highest BCUT2D eigenvalue weighted by molar-refractivity contribution is 5.28. The minimum absolute atomic E-state index is 0.446. The Morgan fingerprint density at radius 3 is 2.50 bits per heavy atom. The fourth-order valence-corrected chi connectivity index (χ4v) is 3.09. The molecule has 3 aromatic rings. The average Bonchev–Trinajstić information content (AvgIpc) is 3.15. The zero-order valence-corrected chi connectivity index (χ0v) is 15.0. The van der Waals surface area contributed by atoms with Crippen LogP contribution in [0, 0.1) is 0 Å². The molecule has 136 valence electrons. The Hall–Kier alpha value is -2.56. The van der Waals surface area contributed by atoms with Crippen LogP contribution < -0.4 is 4.74 Å². The van der Waals surface area contributed by atoms with E-state index in [-0.39, 0.29) is 0 Å². The Labute approximate surface area is 154 Å². The highest BCUT2D eigenvalue weighted by atomic mass is 16.5. The zero-order chi connectivity index (χ0) is 18.2. The van der Waals surface area contributed by atoms with Crippen molar-refractivity contribution in [1.29, 1.82) is 0 Å². The fraction of sp³-hybridized carbons (Fsp3) is 0.273. The number of aliphatic hydroxyl groups is 1. The summed E-state index contributed by atoms with van der Waals surface area (Å²) in [4.78, 5) is 2.20. The summed E-state index contributed by atoms with van der Waals surface area (Å²) in [6.45, 7) is 1.92. The fourth-order valence-electron chi connectivity index (χ4n) is 3.09. The minimum Gasteiger partial charge on any atom is -0.497 e. The lowest BCUT2D eigenvalue weighted by Gasteiger charge is -2.24. The second-order valence-corrected chi connectivity index (χ2v) is 6.44. The van der Waals surface area contributed by atoms with Gasteiger partial charge in [-0.3, -0.25) is 4.90 Å². The van der Waals surface area contributed by atoms with Gasteiger partial charge in [-0.1, -0.05) is 42.5 Å². The first kappa shape index (κ1) is 18.2. The number of hydrogen-bond acceptors (Lipinski definition) is 4. The van der Waals surface area contributed by atoms with E-state index in [0.29, 0.717) is 26.1 Å². The number of rotatable bonds is 9. The molecule has 0 fully saturated rings. The van der Waals surface area contributed by atoms with Gasteiger partial charge in [0.15, 0.2) is 0 Å². The molecule has 3 rings (SSSR count). The van der Waals surface area contributed by atoms with Crippen LogP contribution in [-0.2, 0) is 19.5 Å². The first-order valence-electron chi connectivity index (χ1n) is 8.82. The van der Waals surface area contributed by atoms with Crippen LogP contribution in [0.15, 0.2) is 77.4 Å². The standard InChI is InChI=1S/C22H25NO3/c1-25-21-10-5-9-19(14-21)15-23(17-22-11-6-12-26-22)16-20(24)13-18-7-3-2-4-8-18/h2-12,14,20,24H,13,15-17H2,1H3/t20-/m0/s1. The van der Waals surface area contributed by atoms with E-state index < -0.39 is 6.10 Å². The van der Waals surface area contributed by atoms with Gasteiger partial charge >= 0.3 is 0 Å². The largest absolute Gasteiger partial charge is 0.497 e. The summed E-state index contributed by atoms with van der Waals surface area (Å²) in [6.07, 6.45) is 1.87. The minimum atomic E-state index is -0.446. The summed E-state index contributed by atoms with van der Waals surface area (Å²) < 4.78 is 10.8. The van der Waals surface area contributed by atoms with Gasteiger partial charge in [0.1, 0.15) is 11.5 Å². The molecule has 4 nitrogen and oxygen atoms in total. The summed E-state index contributed by atoms with van der Waals surface area (Å²) in [5, 5.41) is 10.6. The summed E-state index contributed by atoms with van der Waals surface area (Å²) >= 11 is 0. The van der Waals surface area contributed by atoms with Crippen LogP contribution in [0.5, 0.6) is 5.75 Å². The number of furan rings is 1. The molecule has 2 aromatic carbocycles. The van der Waals surface area contributed by atoms with Crippen LogP contribution in [0.3, 0.4) is 0 Å². The third-order valence-corrected chi connectivity index (χ3v) is 4.28. The molecule has 1 heterocycles. The maximum absolute atomic E-state index is 10.6. The lowest BCUT2D eigenvalue weighted by molar-refractivity contribution is 0.100. The van der Waals surface area contributed by atoms with Crippen molar-refractivity contribution in [3.8, 4) is 5.75 Å². The van der Waals surface area contributed by atoms with Crippen molar-refractivity contribution in [2.24, 2.45) is 0 Å². The number of aliphatic hydroxyl groups excluding tert-OH is 1. The second kappa shape index (κ2) is 9.22. The molecule has 0 aliphatic rings. The average molecular weight is 351 g/mol. The van der Waals surface area contributed by atoms with Gasteiger partial charge in [-0.15, -0.1) is 0 Å². The highest BCUT2D eigenvalue weighted by Crippen LogP contribution is 2.17. The van der Waals surface area contributed by atoms with Crippen molar-refractivity contribution in [2.45, 2.75) is 25.6 Å². The molecule has 0 radical (unpaired) electrons. The van der Waals surface area contributed by atoms with Gasteiger partial charge in [-0.2, -0.15) is 0 Å². The van der Waals surface area contributed by atoms with Gasteiger partial charge in [-0.25, -0.2) is 0 Å². The van der Waals surface area contributed by atoms with Crippen LogP contribution in [0.2, 0.25) is 0 Å². The maximum Gasteiger partial charge on any atom is 0.119 e. The van der Waals surface area contributed by atoms with Crippen molar-refractivity contribution < 1.29 is 14.3 Å². The quantitative estimate of drug-likeness (QED) is 0.635. The molecule has 1 atom stereocenters. The Morgan fingerprint density at radius 1 is 0.962 bits per heavy atom. The lowest BCUT2D eigenvalue weighted by Crippen LogP contribution is -2.32. The SMILES string of the molecule is COc1cccc(CN(Cc2ccco2)C[C@@H](O)Cc2ccccc2)c1. The van der Waals surface area contributed by atoms with Gasteiger partial charge in [-0.05, 0) is 41.8 Å².